The third kappa shape index (κ3) is 2.73. The third-order valence-electron chi connectivity index (χ3n) is 2.80. The van der Waals surface area contributed by atoms with Crippen molar-refractivity contribution in [2.24, 2.45) is 0 Å². The van der Waals surface area contributed by atoms with Crippen LogP contribution in [0.5, 0.6) is 5.75 Å². The Morgan fingerprint density at radius 3 is 2.83 bits per heavy atom. The van der Waals surface area contributed by atoms with Gasteiger partial charge in [-0.2, -0.15) is 4.39 Å². The average Bonchev–Trinajstić information content (AvgIpc) is 2.82. The monoisotopic (exact) mass is 258 g/mol. The van der Waals surface area contributed by atoms with Gasteiger partial charge in [0.1, 0.15) is 6.61 Å². The first-order chi connectivity index (χ1) is 8.58. The lowest BCUT2D eigenvalue weighted by Crippen LogP contribution is -2.28. The van der Waals surface area contributed by atoms with Gasteiger partial charge in [0.25, 0.3) is 0 Å². The van der Waals surface area contributed by atoms with E-state index in [1.165, 1.54) is 0 Å². The molecule has 1 N–H and O–H groups in total. The number of hydrogen-bond acceptors (Lipinski definition) is 4. The van der Waals surface area contributed by atoms with Crippen LogP contribution in [0.3, 0.4) is 0 Å². The molecule has 0 unspecified atom stereocenters. The summed E-state index contributed by atoms with van der Waals surface area (Å²) in [6, 6.07) is 1.36. The van der Waals surface area contributed by atoms with E-state index in [-0.39, 0.29) is 18.4 Å². The van der Waals surface area contributed by atoms with Crippen molar-refractivity contribution in [3.63, 3.8) is 0 Å². The lowest BCUT2D eigenvalue weighted by atomic mass is 10.2. The molecule has 7 heteroatoms. The predicted molar refractivity (Wildman–Crippen MR) is 59.5 cm³/mol. The molecule has 0 aromatic heterocycles. The molecule has 1 fully saturated rings. The topological polar surface area (TPSA) is 64.4 Å². The minimum atomic E-state index is -1.10. The highest BCUT2D eigenvalue weighted by molar-refractivity contribution is 5.39. The number of rotatable bonds is 4. The Morgan fingerprint density at radius 1 is 1.44 bits per heavy atom. The van der Waals surface area contributed by atoms with Gasteiger partial charge in [0.2, 0.25) is 5.82 Å². The first-order valence-corrected chi connectivity index (χ1v) is 5.57. The highest BCUT2D eigenvalue weighted by Gasteiger charge is 2.21. The molecule has 1 atom stereocenters. The number of hydrogen-bond donors (Lipinski definition) is 1. The second-order valence-electron chi connectivity index (χ2n) is 4.10. The van der Waals surface area contributed by atoms with Gasteiger partial charge in [-0.05, 0) is 19.4 Å². The summed E-state index contributed by atoms with van der Waals surface area (Å²) in [5.41, 5.74) is -0.890. The molecule has 1 saturated heterocycles. The van der Waals surface area contributed by atoms with E-state index in [4.69, 9.17) is 4.74 Å². The maximum atomic E-state index is 13.4. The Kier molecular flexibility index (Phi) is 3.71. The van der Waals surface area contributed by atoms with Crippen molar-refractivity contribution in [2.75, 3.05) is 13.2 Å². The first kappa shape index (κ1) is 12.7. The fourth-order valence-electron chi connectivity index (χ4n) is 1.86. The number of nitro benzene ring substituents is 1. The molecule has 0 spiro atoms. The van der Waals surface area contributed by atoms with Crippen molar-refractivity contribution in [1.82, 2.24) is 5.32 Å². The molecule has 1 aromatic rings. The van der Waals surface area contributed by atoms with E-state index in [0.717, 1.165) is 19.4 Å². The van der Waals surface area contributed by atoms with Crippen molar-refractivity contribution in [2.45, 2.75) is 18.9 Å². The summed E-state index contributed by atoms with van der Waals surface area (Å²) >= 11 is 0. The highest BCUT2D eigenvalue weighted by atomic mass is 19.1. The first-order valence-electron chi connectivity index (χ1n) is 5.57. The number of nitrogens with zero attached hydrogens (tertiary/aromatic N) is 1. The Balaban J connectivity index is 2.08. The maximum Gasteiger partial charge on any atom is 0.307 e. The molecule has 5 nitrogen and oxygen atoms in total. The molecular formula is C11H12F2N2O3. The summed E-state index contributed by atoms with van der Waals surface area (Å²) in [6.45, 7) is 1.10. The lowest BCUT2D eigenvalue weighted by molar-refractivity contribution is -0.387. The van der Waals surface area contributed by atoms with E-state index in [2.05, 4.69) is 5.32 Å². The van der Waals surface area contributed by atoms with Crippen LogP contribution in [0.1, 0.15) is 12.8 Å². The summed E-state index contributed by atoms with van der Waals surface area (Å²) in [6.07, 6.45) is 1.93. The minimum absolute atomic E-state index is 0.114. The normalized spacial score (nSPS) is 18.9. The molecule has 1 aliphatic heterocycles. The van der Waals surface area contributed by atoms with Crippen LogP contribution in [-0.2, 0) is 0 Å². The van der Waals surface area contributed by atoms with Crippen molar-refractivity contribution < 1.29 is 18.4 Å². The molecule has 1 aliphatic rings. The number of halogens is 2. The SMILES string of the molecule is O=[N+]([O-])c1cc(F)c(OC[C@@H]2CCCN2)cc1F. The molecule has 98 valence electrons. The quantitative estimate of drug-likeness (QED) is 0.662. The van der Waals surface area contributed by atoms with E-state index < -0.39 is 22.2 Å². The van der Waals surface area contributed by atoms with Crippen LogP contribution in [0.25, 0.3) is 0 Å². The number of benzene rings is 1. The van der Waals surface area contributed by atoms with Gasteiger partial charge in [-0.15, -0.1) is 0 Å². The molecule has 0 radical (unpaired) electrons. The number of nitro groups is 1. The predicted octanol–water partition coefficient (Wildman–Crippen LogP) is 2.00. The zero-order valence-electron chi connectivity index (χ0n) is 9.49. The second-order valence-corrected chi connectivity index (χ2v) is 4.10. The molecule has 1 heterocycles. The van der Waals surface area contributed by atoms with Crippen molar-refractivity contribution in [3.8, 4) is 5.75 Å². The minimum Gasteiger partial charge on any atom is -0.489 e. The van der Waals surface area contributed by atoms with Crippen LogP contribution in [0, 0.1) is 21.7 Å². The van der Waals surface area contributed by atoms with Crippen molar-refractivity contribution in [3.05, 3.63) is 33.9 Å². The summed E-state index contributed by atoms with van der Waals surface area (Å²) < 4.78 is 31.9. The molecule has 0 saturated carbocycles. The molecule has 18 heavy (non-hydrogen) atoms. The highest BCUT2D eigenvalue weighted by Crippen LogP contribution is 2.26. The van der Waals surface area contributed by atoms with E-state index in [0.29, 0.717) is 12.1 Å². The standard InChI is InChI=1S/C11H12F2N2O3/c12-8-5-11(9(13)4-10(8)15(16)17)18-6-7-2-1-3-14-7/h4-5,7,14H,1-3,6H2/t7-/m0/s1. The van der Waals surface area contributed by atoms with Gasteiger partial charge in [-0.3, -0.25) is 10.1 Å². The van der Waals surface area contributed by atoms with Crippen LogP contribution in [0.2, 0.25) is 0 Å². The van der Waals surface area contributed by atoms with Crippen LogP contribution < -0.4 is 10.1 Å². The third-order valence-corrected chi connectivity index (χ3v) is 2.80. The molecular weight excluding hydrogens is 246 g/mol. The second kappa shape index (κ2) is 5.26. The lowest BCUT2D eigenvalue weighted by Gasteiger charge is -2.12. The van der Waals surface area contributed by atoms with Crippen LogP contribution in [0.15, 0.2) is 12.1 Å². The van der Waals surface area contributed by atoms with Gasteiger partial charge in [-0.1, -0.05) is 0 Å². The van der Waals surface area contributed by atoms with E-state index in [1.807, 2.05) is 0 Å². The Bertz CT molecular complexity index is 462. The fourth-order valence-corrected chi connectivity index (χ4v) is 1.86. The van der Waals surface area contributed by atoms with E-state index in [9.17, 15) is 18.9 Å². The van der Waals surface area contributed by atoms with Gasteiger partial charge in [0, 0.05) is 12.1 Å². The zero-order valence-corrected chi connectivity index (χ0v) is 9.49. The summed E-state index contributed by atoms with van der Waals surface area (Å²) in [5.74, 6) is -2.33. The van der Waals surface area contributed by atoms with Gasteiger partial charge >= 0.3 is 5.69 Å². The fraction of sp³-hybridized carbons (Fsp3) is 0.455. The zero-order chi connectivity index (χ0) is 13.1. The summed E-state index contributed by atoms with van der Waals surface area (Å²) in [4.78, 5) is 9.43. The smallest absolute Gasteiger partial charge is 0.307 e. The van der Waals surface area contributed by atoms with E-state index in [1.54, 1.807) is 0 Å². The van der Waals surface area contributed by atoms with Crippen LogP contribution >= 0.6 is 0 Å². The summed E-state index contributed by atoms with van der Waals surface area (Å²) in [5, 5.41) is 13.5. The Labute approximate surface area is 102 Å². The van der Waals surface area contributed by atoms with Crippen LogP contribution in [0.4, 0.5) is 14.5 Å². The van der Waals surface area contributed by atoms with Crippen molar-refractivity contribution in [1.29, 1.82) is 0 Å². The van der Waals surface area contributed by atoms with Gasteiger partial charge in [-0.25, -0.2) is 4.39 Å². The van der Waals surface area contributed by atoms with Gasteiger partial charge in [0.15, 0.2) is 11.6 Å². The molecule has 1 aromatic carbocycles. The van der Waals surface area contributed by atoms with Gasteiger partial charge in [0.05, 0.1) is 11.0 Å². The number of ether oxygens (including phenoxy) is 1. The number of nitrogens with one attached hydrogen (secondary N) is 1. The molecule has 0 aliphatic carbocycles. The molecule has 2 rings (SSSR count). The summed E-state index contributed by atoms with van der Waals surface area (Å²) in [7, 11) is 0. The largest absolute Gasteiger partial charge is 0.489 e. The van der Waals surface area contributed by atoms with Gasteiger partial charge < -0.3 is 10.1 Å². The molecule has 0 amide bonds. The Hall–Kier alpha value is -1.76. The Morgan fingerprint density at radius 2 is 2.22 bits per heavy atom. The van der Waals surface area contributed by atoms with Crippen molar-refractivity contribution >= 4 is 5.69 Å². The average molecular weight is 258 g/mol. The van der Waals surface area contributed by atoms with E-state index >= 15 is 0 Å². The van der Waals surface area contributed by atoms with Crippen LogP contribution in [-0.4, -0.2) is 24.1 Å². The molecule has 0 bridgehead atoms. The maximum absolute atomic E-state index is 13.4.